The van der Waals surface area contributed by atoms with Gasteiger partial charge in [0.1, 0.15) is 10.6 Å². The zero-order valence-electron chi connectivity index (χ0n) is 16.0. The topological polar surface area (TPSA) is 46.2 Å². The number of alkyl halides is 7. The summed E-state index contributed by atoms with van der Waals surface area (Å²) in [6.45, 7) is 0.227. The molecule has 0 saturated carbocycles. The second-order valence-corrected chi connectivity index (χ2v) is 10.0. The Balaban J connectivity index is 1.89. The van der Waals surface area contributed by atoms with Crippen molar-refractivity contribution in [2.24, 2.45) is 0 Å². The minimum absolute atomic E-state index is 0.00674. The molecule has 0 bridgehead atoms. The highest BCUT2D eigenvalue weighted by Gasteiger charge is 2.73. The van der Waals surface area contributed by atoms with Gasteiger partial charge in [0.2, 0.25) is 0 Å². The van der Waals surface area contributed by atoms with Gasteiger partial charge in [-0.15, -0.1) is 0 Å². The summed E-state index contributed by atoms with van der Waals surface area (Å²) >= 11 is 0. The smallest absolute Gasteiger partial charge is 0.312 e. The average molecular weight is 485 g/mol. The molecule has 174 valence electrons. The van der Waals surface area contributed by atoms with Crippen molar-refractivity contribution in [3.05, 3.63) is 65.0 Å². The molecule has 4 rings (SSSR count). The van der Waals surface area contributed by atoms with Crippen LogP contribution in [0.15, 0.2) is 47.4 Å². The first-order valence-electron chi connectivity index (χ1n) is 9.36. The third-order valence-electron chi connectivity index (χ3n) is 6.22. The van der Waals surface area contributed by atoms with E-state index in [1.165, 1.54) is 0 Å². The summed E-state index contributed by atoms with van der Waals surface area (Å²) in [6, 6.07) is 4.70. The molecule has 1 aliphatic carbocycles. The van der Waals surface area contributed by atoms with Crippen molar-refractivity contribution in [3.63, 3.8) is 0 Å². The Labute approximate surface area is 177 Å². The van der Waals surface area contributed by atoms with Gasteiger partial charge >= 0.3 is 18.0 Å². The van der Waals surface area contributed by atoms with Crippen LogP contribution in [-0.2, 0) is 26.7 Å². The van der Waals surface area contributed by atoms with Gasteiger partial charge in [-0.1, -0.05) is 18.2 Å². The number of halogens is 8. The minimum atomic E-state index is -6.27. The Morgan fingerprint density at radius 1 is 0.906 bits per heavy atom. The van der Waals surface area contributed by atoms with Gasteiger partial charge in [-0.05, 0) is 54.8 Å². The van der Waals surface area contributed by atoms with Crippen LogP contribution in [0.1, 0.15) is 23.1 Å². The Morgan fingerprint density at radius 3 is 2.06 bits per heavy atom. The molecule has 1 heterocycles. The van der Waals surface area contributed by atoms with Crippen molar-refractivity contribution in [2.75, 3.05) is 6.54 Å². The van der Waals surface area contributed by atoms with Crippen molar-refractivity contribution in [1.82, 2.24) is 5.32 Å². The number of rotatable bonds is 3. The molecule has 2 aliphatic rings. The highest BCUT2D eigenvalue weighted by molar-refractivity contribution is 7.92. The van der Waals surface area contributed by atoms with Gasteiger partial charge in [-0.2, -0.15) is 26.3 Å². The molecule has 0 radical (unpaired) electrons. The summed E-state index contributed by atoms with van der Waals surface area (Å²) in [5, 5.41) is 2.92. The Morgan fingerprint density at radius 2 is 1.50 bits per heavy atom. The van der Waals surface area contributed by atoms with E-state index >= 15 is 0 Å². The monoisotopic (exact) mass is 485 g/mol. The molecule has 3 nitrogen and oxygen atoms in total. The molecule has 2 aromatic rings. The summed E-state index contributed by atoms with van der Waals surface area (Å²) in [6.07, 6.45) is -12.8. The number of sulfone groups is 1. The van der Waals surface area contributed by atoms with E-state index in [0.29, 0.717) is 12.1 Å². The molecule has 2 unspecified atom stereocenters. The largest absolute Gasteiger partial charge is 0.435 e. The van der Waals surface area contributed by atoms with E-state index in [4.69, 9.17) is 0 Å². The maximum atomic E-state index is 14.5. The van der Waals surface area contributed by atoms with Crippen LogP contribution in [0.25, 0.3) is 0 Å². The van der Waals surface area contributed by atoms with Crippen molar-refractivity contribution >= 4 is 9.84 Å². The SMILES string of the molecule is O=S(=O)(c1ccc(F)cc1)C12CCNC1Cc1cc(C(F)(C(F)(F)F)C(F)(F)F)ccc12. The molecule has 32 heavy (non-hydrogen) atoms. The van der Waals surface area contributed by atoms with Crippen LogP contribution in [-0.4, -0.2) is 33.4 Å². The highest BCUT2D eigenvalue weighted by atomic mass is 32.2. The maximum absolute atomic E-state index is 14.5. The first-order valence-corrected chi connectivity index (χ1v) is 10.8. The molecule has 12 heteroatoms. The molecule has 0 amide bonds. The van der Waals surface area contributed by atoms with Crippen LogP contribution in [0.2, 0.25) is 0 Å². The molecule has 1 N–H and O–H groups in total. The molecular weight excluding hydrogens is 470 g/mol. The van der Waals surface area contributed by atoms with Crippen LogP contribution < -0.4 is 5.32 Å². The van der Waals surface area contributed by atoms with E-state index in [1.54, 1.807) is 0 Å². The molecule has 1 aliphatic heterocycles. The molecule has 2 atom stereocenters. The zero-order chi connectivity index (χ0) is 23.7. The number of fused-ring (bicyclic) bond motifs is 3. The van der Waals surface area contributed by atoms with Crippen molar-refractivity contribution in [2.45, 2.75) is 46.5 Å². The third kappa shape index (κ3) is 2.91. The van der Waals surface area contributed by atoms with E-state index in [-0.39, 0.29) is 35.4 Å². The third-order valence-corrected chi connectivity index (χ3v) is 8.78. The average Bonchev–Trinajstić information content (AvgIpc) is 3.23. The van der Waals surface area contributed by atoms with Crippen LogP contribution in [0.5, 0.6) is 0 Å². The number of benzene rings is 2. The molecule has 0 spiro atoms. The van der Waals surface area contributed by atoms with E-state index in [9.17, 15) is 43.5 Å². The fraction of sp³-hybridized carbons (Fsp3) is 0.400. The minimum Gasteiger partial charge on any atom is -0.312 e. The lowest BCUT2D eigenvalue weighted by atomic mass is 9.90. The first kappa shape index (κ1) is 23.0. The quantitative estimate of drug-likeness (QED) is 0.507. The van der Waals surface area contributed by atoms with E-state index in [2.05, 4.69) is 5.32 Å². The number of hydrogen-bond donors (Lipinski definition) is 1. The number of hydrogen-bond acceptors (Lipinski definition) is 3. The zero-order valence-corrected chi connectivity index (χ0v) is 16.8. The van der Waals surface area contributed by atoms with Gasteiger partial charge < -0.3 is 5.32 Å². The first-order chi connectivity index (χ1) is 14.7. The Kier molecular flexibility index (Phi) is 4.95. The van der Waals surface area contributed by atoms with E-state index in [0.717, 1.165) is 30.3 Å². The predicted molar refractivity (Wildman–Crippen MR) is 96.7 cm³/mol. The highest BCUT2D eigenvalue weighted by Crippen LogP contribution is 2.56. The summed E-state index contributed by atoms with van der Waals surface area (Å²) in [7, 11) is -4.24. The van der Waals surface area contributed by atoms with E-state index < -0.39 is 50.0 Å². The predicted octanol–water partition coefficient (Wildman–Crippen LogP) is 4.70. The lowest BCUT2D eigenvalue weighted by molar-refractivity contribution is -0.348. The molecular formula is C20H15F8NO2S. The van der Waals surface area contributed by atoms with Gasteiger partial charge in [0.15, 0.2) is 9.84 Å². The number of nitrogens with one attached hydrogen (secondary N) is 1. The van der Waals surface area contributed by atoms with Gasteiger partial charge in [0, 0.05) is 11.6 Å². The van der Waals surface area contributed by atoms with Gasteiger partial charge in [0.05, 0.1) is 4.90 Å². The fourth-order valence-electron chi connectivity index (χ4n) is 4.72. The van der Waals surface area contributed by atoms with Crippen LogP contribution in [0, 0.1) is 5.82 Å². The Hall–Kier alpha value is -2.21. The lowest BCUT2D eigenvalue weighted by Crippen LogP contribution is -2.50. The van der Waals surface area contributed by atoms with Crippen molar-refractivity contribution in [3.8, 4) is 0 Å². The van der Waals surface area contributed by atoms with Crippen LogP contribution in [0.4, 0.5) is 35.1 Å². The van der Waals surface area contributed by atoms with Crippen LogP contribution in [0.3, 0.4) is 0 Å². The second kappa shape index (κ2) is 6.89. The normalized spacial score (nSPS) is 23.8. The molecule has 2 aromatic carbocycles. The molecule has 1 fully saturated rings. The Bertz CT molecular complexity index is 1140. The lowest BCUT2D eigenvalue weighted by Gasteiger charge is -2.32. The summed E-state index contributed by atoms with van der Waals surface area (Å²) in [5.41, 5.74) is -7.39. The maximum Gasteiger partial charge on any atom is 0.435 e. The van der Waals surface area contributed by atoms with E-state index in [1.807, 2.05) is 0 Å². The fourth-order valence-corrected chi connectivity index (χ4v) is 7.03. The molecule has 0 aromatic heterocycles. The summed E-state index contributed by atoms with van der Waals surface area (Å²) in [5.74, 6) is -0.683. The van der Waals surface area contributed by atoms with Gasteiger partial charge in [-0.3, -0.25) is 0 Å². The van der Waals surface area contributed by atoms with Crippen molar-refractivity contribution < 1.29 is 43.5 Å². The molecule has 1 saturated heterocycles. The van der Waals surface area contributed by atoms with Gasteiger partial charge in [-0.25, -0.2) is 17.2 Å². The van der Waals surface area contributed by atoms with Gasteiger partial charge in [0.25, 0.3) is 0 Å². The van der Waals surface area contributed by atoms with Crippen LogP contribution >= 0.6 is 0 Å². The standard InChI is InChI=1S/C20H15F8NO2S/c21-13-2-4-14(5-3-13)32(30,31)17-7-8-29-16(17)10-11-9-12(1-6-15(11)17)18(22,19(23,24)25)20(26,27)28/h1-6,9,16,29H,7-8,10H2. The summed E-state index contributed by atoms with van der Waals surface area (Å²) < 4.78 is 132. The summed E-state index contributed by atoms with van der Waals surface area (Å²) in [4.78, 5) is -0.241. The van der Waals surface area contributed by atoms with Crippen molar-refractivity contribution in [1.29, 1.82) is 0 Å². The second-order valence-electron chi connectivity index (χ2n) is 7.83.